The molecule has 0 atom stereocenters. The molecular formula is C12H19N. The van der Waals surface area contributed by atoms with E-state index < -0.39 is 0 Å². The van der Waals surface area contributed by atoms with Crippen LogP contribution >= 0.6 is 0 Å². The third-order valence-electron chi connectivity index (χ3n) is 3.75. The zero-order valence-corrected chi connectivity index (χ0v) is 8.77. The molecule has 1 heterocycles. The molecule has 1 aliphatic heterocycles. The molecule has 0 aromatic carbocycles. The molecule has 0 amide bonds. The molecule has 1 saturated heterocycles. The second kappa shape index (κ2) is 3.35. The molecule has 72 valence electrons. The zero-order chi connectivity index (χ0) is 9.31. The second-order valence-corrected chi connectivity index (χ2v) is 4.80. The van der Waals surface area contributed by atoms with Crippen molar-refractivity contribution in [2.45, 2.75) is 32.6 Å². The molecule has 1 spiro atoms. The number of hydrogen-bond acceptors (Lipinski definition) is 1. The Kier molecular flexibility index (Phi) is 2.34. The maximum Gasteiger partial charge on any atom is 0.0213 e. The minimum atomic E-state index is 0.709. The molecule has 2 fully saturated rings. The normalized spacial score (nSPS) is 27.8. The summed E-state index contributed by atoms with van der Waals surface area (Å²) in [5, 5.41) is 0. The maximum absolute atomic E-state index is 3.30. The maximum atomic E-state index is 3.30. The molecule has 1 aliphatic carbocycles. The fraction of sp³-hybridized carbons (Fsp3) is 0.833. The van der Waals surface area contributed by atoms with Crippen molar-refractivity contribution in [1.82, 2.24) is 4.90 Å². The summed E-state index contributed by atoms with van der Waals surface area (Å²) in [5.41, 5.74) is 0.709. The summed E-state index contributed by atoms with van der Waals surface area (Å²) in [4.78, 5) is 2.45. The van der Waals surface area contributed by atoms with E-state index >= 15 is 0 Å². The topological polar surface area (TPSA) is 3.24 Å². The second-order valence-electron chi connectivity index (χ2n) is 4.80. The lowest BCUT2D eigenvalue weighted by Crippen LogP contribution is -2.45. The van der Waals surface area contributed by atoms with Crippen molar-refractivity contribution in [1.29, 1.82) is 0 Å². The lowest BCUT2D eigenvalue weighted by atomic mass is 9.58. The van der Waals surface area contributed by atoms with Crippen LogP contribution in [0.3, 0.4) is 0 Å². The van der Waals surface area contributed by atoms with Crippen LogP contribution in [0.15, 0.2) is 0 Å². The van der Waals surface area contributed by atoms with Gasteiger partial charge in [0, 0.05) is 5.92 Å². The Hall–Kier alpha value is -0.480. The van der Waals surface area contributed by atoms with Gasteiger partial charge in [-0.15, -0.1) is 11.8 Å². The van der Waals surface area contributed by atoms with Crippen LogP contribution in [-0.4, -0.2) is 25.0 Å². The Morgan fingerprint density at radius 1 is 1.23 bits per heavy atom. The standard InChI is InChI=1S/C12H19N/c1-3-4-11-9-12(10-11)5-7-13(2)8-6-12/h11H,5-10H2,1-2H3. The van der Waals surface area contributed by atoms with Gasteiger partial charge in [-0.25, -0.2) is 0 Å². The monoisotopic (exact) mass is 177 g/mol. The van der Waals surface area contributed by atoms with Gasteiger partial charge in [0.05, 0.1) is 0 Å². The average Bonchev–Trinajstić information content (AvgIpc) is 2.07. The van der Waals surface area contributed by atoms with Gasteiger partial charge in [-0.2, -0.15) is 0 Å². The molecule has 13 heavy (non-hydrogen) atoms. The Labute approximate surface area is 81.5 Å². The first-order chi connectivity index (χ1) is 6.24. The average molecular weight is 177 g/mol. The van der Waals surface area contributed by atoms with Gasteiger partial charge in [0.15, 0.2) is 0 Å². The largest absolute Gasteiger partial charge is 0.306 e. The molecule has 2 rings (SSSR count). The van der Waals surface area contributed by atoms with E-state index in [0.29, 0.717) is 5.41 Å². The van der Waals surface area contributed by atoms with Crippen LogP contribution in [0.5, 0.6) is 0 Å². The zero-order valence-electron chi connectivity index (χ0n) is 8.77. The lowest BCUT2D eigenvalue weighted by Gasteiger charge is -2.50. The molecule has 1 nitrogen and oxygen atoms in total. The van der Waals surface area contributed by atoms with Crippen molar-refractivity contribution in [3.63, 3.8) is 0 Å². The van der Waals surface area contributed by atoms with Gasteiger partial charge < -0.3 is 4.90 Å². The molecule has 2 aliphatic rings. The van der Waals surface area contributed by atoms with E-state index in [-0.39, 0.29) is 0 Å². The van der Waals surface area contributed by atoms with Gasteiger partial charge in [-0.05, 0) is 58.2 Å². The van der Waals surface area contributed by atoms with Crippen molar-refractivity contribution >= 4 is 0 Å². The van der Waals surface area contributed by atoms with E-state index in [1.165, 1.54) is 38.8 Å². The Morgan fingerprint density at radius 3 is 2.38 bits per heavy atom. The number of nitrogens with zero attached hydrogens (tertiary/aromatic N) is 1. The van der Waals surface area contributed by atoms with Crippen molar-refractivity contribution in [3.8, 4) is 11.8 Å². The van der Waals surface area contributed by atoms with Crippen molar-refractivity contribution < 1.29 is 0 Å². The highest BCUT2D eigenvalue weighted by molar-refractivity contribution is 5.11. The third kappa shape index (κ3) is 1.74. The molecule has 0 unspecified atom stereocenters. The first-order valence-corrected chi connectivity index (χ1v) is 5.35. The van der Waals surface area contributed by atoms with Gasteiger partial charge in [0.1, 0.15) is 0 Å². The Balaban J connectivity index is 1.85. The summed E-state index contributed by atoms with van der Waals surface area (Å²) in [6, 6.07) is 0. The number of likely N-dealkylation sites (tertiary alicyclic amines) is 1. The Bertz CT molecular complexity index is 230. The highest BCUT2D eigenvalue weighted by Gasteiger charge is 2.44. The minimum absolute atomic E-state index is 0.709. The van der Waals surface area contributed by atoms with Crippen molar-refractivity contribution in [2.75, 3.05) is 20.1 Å². The van der Waals surface area contributed by atoms with Gasteiger partial charge in [0.25, 0.3) is 0 Å². The van der Waals surface area contributed by atoms with Crippen LogP contribution < -0.4 is 0 Å². The quantitative estimate of drug-likeness (QED) is 0.512. The van der Waals surface area contributed by atoms with Crippen LogP contribution in [0.25, 0.3) is 0 Å². The van der Waals surface area contributed by atoms with Crippen LogP contribution in [0.2, 0.25) is 0 Å². The van der Waals surface area contributed by atoms with Gasteiger partial charge in [0.2, 0.25) is 0 Å². The van der Waals surface area contributed by atoms with Crippen molar-refractivity contribution in [3.05, 3.63) is 0 Å². The molecule has 1 saturated carbocycles. The summed E-state index contributed by atoms with van der Waals surface area (Å²) in [6.45, 7) is 4.55. The fourth-order valence-electron chi connectivity index (χ4n) is 2.79. The summed E-state index contributed by atoms with van der Waals surface area (Å²) in [6.07, 6.45) is 5.57. The Morgan fingerprint density at radius 2 is 1.85 bits per heavy atom. The molecular weight excluding hydrogens is 158 g/mol. The molecule has 0 aromatic rings. The first-order valence-electron chi connectivity index (χ1n) is 5.35. The summed E-state index contributed by atoms with van der Waals surface area (Å²) < 4.78 is 0. The highest BCUT2D eigenvalue weighted by Crippen LogP contribution is 2.52. The molecule has 0 N–H and O–H groups in total. The third-order valence-corrected chi connectivity index (χ3v) is 3.75. The fourth-order valence-corrected chi connectivity index (χ4v) is 2.79. The predicted molar refractivity (Wildman–Crippen MR) is 55.3 cm³/mol. The molecule has 0 aromatic heterocycles. The smallest absolute Gasteiger partial charge is 0.0213 e. The summed E-state index contributed by atoms with van der Waals surface area (Å²) >= 11 is 0. The SMILES string of the molecule is CC#CC1CC2(CCN(C)CC2)C1. The van der Waals surface area contributed by atoms with Crippen LogP contribution in [0, 0.1) is 23.2 Å². The van der Waals surface area contributed by atoms with Crippen LogP contribution in [0.1, 0.15) is 32.6 Å². The van der Waals surface area contributed by atoms with E-state index in [1.807, 2.05) is 6.92 Å². The first kappa shape index (κ1) is 9.09. The van der Waals surface area contributed by atoms with E-state index in [4.69, 9.17) is 0 Å². The minimum Gasteiger partial charge on any atom is -0.306 e. The highest BCUT2D eigenvalue weighted by atomic mass is 15.1. The van der Waals surface area contributed by atoms with Gasteiger partial charge in [-0.1, -0.05) is 0 Å². The van der Waals surface area contributed by atoms with E-state index in [2.05, 4.69) is 23.8 Å². The van der Waals surface area contributed by atoms with Gasteiger partial charge in [-0.3, -0.25) is 0 Å². The van der Waals surface area contributed by atoms with E-state index in [0.717, 1.165) is 5.92 Å². The lowest BCUT2D eigenvalue weighted by molar-refractivity contribution is 0.0156. The molecule has 0 bridgehead atoms. The summed E-state index contributed by atoms with van der Waals surface area (Å²) in [7, 11) is 2.23. The van der Waals surface area contributed by atoms with Gasteiger partial charge >= 0.3 is 0 Å². The molecule has 0 radical (unpaired) electrons. The number of piperidine rings is 1. The summed E-state index contributed by atoms with van der Waals surface area (Å²) in [5.74, 6) is 7.07. The molecule has 1 heteroatoms. The predicted octanol–water partition coefficient (Wildman–Crippen LogP) is 2.13. The van der Waals surface area contributed by atoms with Crippen LogP contribution in [0.4, 0.5) is 0 Å². The number of hydrogen-bond donors (Lipinski definition) is 0. The number of rotatable bonds is 0. The van der Waals surface area contributed by atoms with E-state index in [9.17, 15) is 0 Å². The van der Waals surface area contributed by atoms with Crippen LogP contribution in [-0.2, 0) is 0 Å². The van der Waals surface area contributed by atoms with Crippen molar-refractivity contribution in [2.24, 2.45) is 11.3 Å². The van der Waals surface area contributed by atoms with E-state index in [1.54, 1.807) is 0 Å².